The van der Waals surface area contributed by atoms with Crippen molar-refractivity contribution in [2.45, 2.75) is 19.5 Å². The van der Waals surface area contributed by atoms with Gasteiger partial charge in [0, 0.05) is 51.1 Å². The van der Waals surface area contributed by atoms with Gasteiger partial charge in [-0.2, -0.15) is 0 Å². The van der Waals surface area contributed by atoms with Gasteiger partial charge in [-0.3, -0.25) is 4.99 Å². The number of rotatable bonds is 8. The quantitative estimate of drug-likeness (QED) is 0.468. The second-order valence-electron chi connectivity index (χ2n) is 6.37. The molecule has 0 aliphatic carbocycles. The molecule has 0 unspecified atom stereocenters. The molecule has 3 aromatic rings. The van der Waals surface area contributed by atoms with E-state index >= 15 is 0 Å². The van der Waals surface area contributed by atoms with Crippen molar-refractivity contribution in [1.29, 1.82) is 0 Å². The number of hydrogen-bond donors (Lipinski definition) is 2. The van der Waals surface area contributed by atoms with Gasteiger partial charge in [-0.25, -0.2) is 4.98 Å². The molecule has 2 N–H and O–H groups in total. The minimum absolute atomic E-state index is 0.645. The van der Waals surface area contributed by atoms with Crippen LogP contribution >= 0.6 is 0 Å². The van der Waals surface area contributed by atoms with Crippen molar-refractivity contribution in [3.63, 3.8) is 0 Å². The highest BCUT2D eigenvalue weighted by molar-refractivity contribution is 5.79. The Morgan fingerprint density at radius 2 is 1.86 bits per heavy atom. The molecule has 146 valence electrons. The second kappa shape index (κ2) is 10.2. The molecular formula is C22H27N5O. The SMILES string of the molecule is CN=C(NCCc1nccn1Cc1ccccc1)NCc1ccccc1OC. The summed E-state index contributed by atoms with van der Waals surface area (Å²) in [6.07, 6.45) is 4.69. The maximum atomic E-state index is 5.39. The van der Waals surface area contributed by atoms with Crippen LogP contribution in [0.25, 0.3) is 0 Å². The van der Waals surface area contributed by atoms with Crippen LogP contribution < -0.4 is 15.4 Å². The molecule has 0 atom stereocenters. The smallest absolute Gasteiger partial charge is 0.191 e. The minimum atomic E-state index is 0.645. The number of methoxy groups -OCH3 is 1. The number of imidazole rings is 1. The van der Waals surface area contributed by atoms with Crippen molar-refractivity contribution < 1.29 is 4.74 Å². The lowest BCUT2D eigenvalue weighted by Crippen LogP contribution is -2.38. The van der Waals surface area contributed by atoms with Crippen molar-refractivity contribution >= 4 is 5.96 Å². The Kier molecular flexibility index (Phi) is 7.07. The van der Waals surface area contributed by atoms with Gasteiger partial charge in [0.25, 0.3) is 0 Å². The molecule has 6 heteroatoms. The molecule has 0 fully saturated rings. The highest BCUT2D eigenvalue weighted by Gasteiger charge is 2.06. The zero-order chi connectivity index (χ0) is 19.6. The third kappa shape index (κ3) is 5.36. The number of aromatic nitrogens is 2. The van der Waals surface area contributed by atoms with E-state index in [0.29, 0.717) is 6.54 Å². The van der Waals surface area contributed by atoms with E-state index in [4.69, 9.17) is 4.74 Å². The van der Waals surface area contributed by atoms with Crippen LogP contribution in [0, 0.1) is 0 Å². The zero-order valence-corrected chi connectivity index (χ0v) is 16.4. The van der Waals surface area contributed by atoms with Gasteiger partial charge >= 0.3 is 0 Å². The molecular weight excluding hydrogens is 350 g/mol. The standard InChI is InChI=1S/C22H27N5O/c1-23-22(26-16-19-10-6-7-11-20(19)28-2)25-13-12-21-24-14-15-27(21)17-18-8-4-3-5-9-18/h3-11,14-15H,12-13,16-17H2,1-2H3,(H2,23,25,26). The average molecular weight is 377 g/mol. The van der Waals surface area contributed by atoms with Crippen LogP contribution in [0.2, 0.25) is 0 Å². The van der Waals surface area contributed by atoms with Crippen molar-refractivity contribution in [2.24, 2.45) is 4.99 Å². The Hall–Kier alpha value is -3.28. The summed E-state index contributed by atoms with van der Waals surface area (Å²) < 4.78 is 7.57. The van der Waals surface area contributed by atoms with Crippen molar-refractivity contribution in [2.75, 3.05) is 20.7 Å². The minimum Gasteiger partial charge on any atom is -0.496 e. The molecule has 3 rings (SSSR count). The first-order chi connectivity index (χ1) is 13.8. The van der Waals surface area contributed by atoms with Crippen molar-refractivity contribution in [3.05, 3.63) is 83.9 Å². The molecule has 0 radical (unpaired) electrons. The van der Waals surface area contributed by atoms with Crippen molar-refractivity contribution in [1.82, 2.24) is 20.2 Å². The van der Waals surface area contributed by atoms with Crippen LogP contribution in [0.15, 0.2) is 72.0 Å². The molecule has 1 aromatic heterocycles. The van der Waals surface area contributed by atoms with Crippen LogP contribution in [-0.4, -0.2) is 36.2 Å². The number of ether oxygens (including phenoxy) is 1. The number of benzene rings is 2. The maximum Gasteiger partial charge on any atom is 0.191 e. The Bertz CT molecular complexity index is 889. The molecule has 28 heavy (non-hydrogen) atoms. The topological polar surface area (TPSA) is 63.5 Å². The molecule has 0 aliphatic heterocycles. The fourth-order valence-electron chi connectivity index (χ4n) is 3.03. The summed E-state index contributed by atoms with van der Waals surface area (Å²) >= 11 is 0. The monoisotopic (exact) mass is 377 g/mol. The van der Waals surface area contributed by atoms with E-state index in [0.717, 1.165) is 42.6 Å². The summed E-state index contributed by atoms with van der Waals surface area (Å²) in [6.45, 7) is 2.22. The van der Waals surface area contributed by atoms with Crippen LogP contribution in [0.3, 0.4) is 0 Å². The lowest BCUT2D eigenvalue weighted by molar-refractivity contribution is 0.409. The van der Waals surface area contributed by atoms with Gasteiger partial charge in [0.05, 0.1) is 7.11 Å². The summed E-state index contributed by atoms with van der Waals surface area (Å²) in [5.41, 5.74) is 2.36. The third-order valence-corrected chi connectivity index (χ3v) is 4.50. The lowest BCUT2D eigenvalue weighted by Gasteiger charge is -2.14. The van der Waals surface area contributed by atoms with Gasteiger partial charge in [-0.15, -0.1) is 0 Å². The predicted molar refractivity (Wildman–Crippen MR) is 113 cm³/mol. The number of guanidine groups is 1. The Morgan fingerprint density at radius 1 is 1.07 bits per heavy atom. The first-order valence-corrected chi connectivity index (χ1v) is 9.40. The van der Waals surface area contributed by atoms with E-state index in [2.05, 4.69) is 49.4 Å². The first-order valence-electron chi connectivity index (χ1n) is 9.40. The number of para-hydroxylation sites is 1. The molecule has 0 spiro atoms. The number of nitrogens with zero attached hydrogens (tertiary/aromatic N) is 3. The van der Waals surface area contributed by atoms with Gasteiger partial charge in [0.2, 0.25) is 0 Å². The third-order valence-electron chi connectivity index (χ3n) is 4.50. The molecule has 0 saturated carbocycles. The summed E-state index contributed by atoms with van der Waals surface area (Å²) in [5.74, 6) is 2.68. The van der Waals surface area contributed by atoms with E-state index < -0.39 is 0 Å². The first kappa shape index (κ1) is 19.5. The average Bonchev–Trinajstić information content (AvgIpc) is 3.18. The molecule has 1 heterocycles. The summed E-state index contributed by atoms with van der Waals surface area (Å²) in [7, 11) is 3.46. The Balaban J connectivity index is 1.49. The highest BCUT2D eigenvalue weighted by atomic mass is 16.5. The van der Waals surface area contributed by atoms with E-state index in [1.54, 1.807) is 14.2 Å². The predicted octanol–water partition coefficient (Wildman–Crippen LogP) is 2.85. The van der Waals surface area contributed by atoms with Gasteiger partial charge in [-0.05, 0) is 11.6 Å². The summed E-state index contributed by atoms with van der Waals surface area (Å²) in [4.78, 5) is 8.79. The molecule has 0 amide bonds. The zero-order valence-electron chi connectivity index (χ0n) is 16.4. The summed E-state index contributed by atoms with van der Waals surface area (Å²) in [5, 5.41) is 6.68. The van der Waals surface area contributed by atoms with E-state index in [-0.39, 0.29) is 0 Å². The fourth-order valence-corrected chi connectivity index (χ4v) is 3.03. The fraction of sp³-hybridized carbons (Fsp3) is 0.273. The largest absolute Gasteiger partial charge is 0.496 e. The molecule has 0 bridgehead atoms. The van der Waals surface area contributed by atoms with Crippen LogP contribution in [0.5, 0.6) is 5.75 Å². The maximum absolute atomic E-state index is 5.39. The number of nitrogens with one attached hydrogen (secondary N) is 2. The molecule has 2 aromatic carbocycles. The number of aliphatic imine (C=N–C) groups is 1. The van der Waals surface area contributed by atoms with Gasteiger partial charge in [-0.1, -0.05) is 48.5 Å². The molecule has 0 saturated heterocycles. The van der Waals surface area contributed by atoms with Crippen LogP contribution in [0.4, 0.5) is 0 Å². The number of hydrogen-bond acceptors (Lipinski definition) is 3. The van der Waals surface area contributed by atoms with Gasteiger partial charge in [0.1, 0.15) is 11.6 Å². The van der Waals surface area contributed by atoms with Crippen LogP contribution in [0.1, 0.15) is 17.0 Å². The Labute approximate surface area is 166 Å². The Morgan fingerprint density at radius 3 is 2.64 bits per heavy atom. The summed E-state index contributed by atoms with van der Waals surface area (Å²) in [6, 6.07) is 18.4. The molecule has 6 nitrogen and oxygen atoms in total. The van der Waals surface area contributed by atoms with Gasteiger partial charge in [0.15, 0.2) is 5.96 Å². The molecule has 0 aliphatic rings. The van der Waals surface area contributed by atoms with E-state index in [1.807, 2.05) is 42.7 Å². The van der Waals surface area contributed by atoms with Crippen LogP contribution in [-0.2, 0) is 19.5 Å². The normalized spacial score (nSPS) is 11.3. The highest BCUT2D eigenvalue weighted by Crippen LogP contribution is 2.16. The van der Waals surface area contributed by atoms with E-state index in [1.165, 1.54) is 5.56 Å². The van der Waals surface area contributed by atoms with Crippen molar-refractivity contribution in [3.8, 4) is 5.75 Å². The van der Waals surface area contributed by atoms with Gasteiger partial charge < -0.3 is 19.9 Å². The van der Waals surface area contributed by atoms with E-state index in [9.17, 15) is 0 Å². The lowest BCUT2D eigenvalue weighted by atomic mass is 10.2. The second-order valence-corrected chi connectivity index (χ2v) is 6.37.